The zero-order valence-corrected chi connectivity index (χ0v) is 17.2. The quantitative estimate of drug-likeness (QED) is 0.745. The molecule has 0 saturated carbocycles. The van der Waals surface area contributed by atoms with Crippen LogP contribution in [0.4, 0.5) is 0 Å². The van der Waals surface area contributed by atoms with Crippen molar-refractivity contribution in [3.63, 3.8) is 0 Å². The molecule has 1 aliphatic heterocycles. The molecule has 2 N–H and O–H groups in total. The second-order valence-electron chi connectivity index (χ2n) is 6.70. The van der Waals surface area contributed by atoms with Gasteiger partial charge in [-0.15, -0.1) is 11.3 Å². The van der Waals surface area contributed by atoms with Gasteiger partial charge in [-0.05, 0) is 48.6 Å². The van der Waals surface area contributed by atoms with Crippen LogP contribution in [-0.4, -0.2) is 44.3 Å². The van der Waals surface area contributed by atoms with Gasteiger partial charge >= 0.3 is 0 Å². The largest absolute Gasteiger partial charge is 0.353 e. The van der Waals surface area contributed by atoms with Gasteiger partial charge in [-0.25, -0.2) is 13.1 Å². The smallest absolute Gasteiger partial charge is 0.253 e. The van der Waals surface area contributed by atoms with Crippen LogP contribution >= 0.6 is 11.3 Å². The van der Waals surface area contributed by atoms with E-state index < -0.39 is 10.0 Å². The number of piperidine rings is 1. The van der Waals surface area contributed by atoms with Gasteiger partial charge in [0, 0.05) is 43.0 Å². The van der Waals surface area contributed by atoms with Crippen molar-refractivity contribution >= 4 is 33.2 Å². The molecule has 1 aliphatic rings. The van der Waals surface area contributed by atoms with Crippen LogP contribution in [0.1, 0.15) is 35.0 Å². The molecule has 9 heteroatoms. The minimum absolute atomic E-state index is 0.0609. The highest BCUT2D eigenvalue weighted by molar-refractivity contribution is 7.89. The Kier molecular flexibility index (Phi) is 6.48. The van der Waals surface area contributed by atoms with E-state index in [1.807, 2.05) is 17.5 Å². The summed E-state index contributed by atoms with van der Waals surface area (Å²) in [7, 11) is -3.63. The van der Waals surface area contributed by atoms with Crippen LogP contribution in [0.3, 0.4) is 0 Å². The van der Waals surface area contributed by atoms with E-state index in [4.69, 9.17) is 0 Å². The monoisotopic (exact) mass is 421 g/mol. The highest BCUT2D eigenvalue weighted by atomic mass is 32.2. The Labute approximate surface area is 168 Å². The van der Waals surface area contributed by atoms with E-state index in [0.29, 0.717) is 31.5 Å². The molecule has 3 rings (SSSR count). The maximum atomic E-state index is 12.6. The maximum Gasteiger partial charge on any atom is 0.253 e. The van der Waals surface area contributed by atoms with Gasteiger partial charge < -0.3 is 10.2 Å². The molecule has 0 unspecified atom stereocenters. The lowest BCUT2D eigenvalue weighted by atomic mass is 10.0. The molecule has 28 heavy (non-hydrogen) atoms. The van der Waals surface area contributed by atoms with Gasteiger partial charge in [0.25, 0.3) is 5.91 Å². The molecule has 0 bridgehead atoms. The number of sulfonamides is 1. The van der Waals surface area contributed by atoms with E-state index in [1.54, 1.807) is 17.0 Å². The number of likely N-dealkylation sites (tertiary alicyclic amines) is 1. The normalized spacial score (nSPS) is 15.4. The Bertz CT molecular complexity index is 917. The average molecular weight is 422 g/mol. The Morgan fingerprint density at radius 3 is 2.39 bits per heavy atom. The average Bonchev–Trinajstić information content (AvgIpc) is 3.20. The third-order valence-electron chi connectivity index (χ3n) is 4.62. The number of thiophene rings is 1. The molecule has 1 fully saturated rings. The van der Waals surface area contributed by atoms with Crippen molar-refractivity contribution in [3.8, 4) is 0 Å². The molecule has 2 aromatic rings. The molecule has 2 heterocycles. The lowest BCUT2D eigenvalue weighted by Gasteiger charge is -2.32. The number of carbonyl (C=O) groups excluding carboxylic acids is 2. The fraction of sp³-hybridized carbons (Fsp3) is 0.368. The summed E-state index contributed by atoms with van der Waals surface area (Å²) in [5.74, 6) is -0.189. The summed E-state index contributed by atoms with van der Waals surface area (Å²) in [6.07, 6.45) is 1.43. The minimum Gasteiger partial charge on any atom is -0.353 e. The van der Waals surface area contributed by atoms with Crippen molar-refractivity contribution in [2.75, 3.05) is 13.1 Å². The highest BCUT2D eigenvalue weighted by Crippen LogP contribution is 2.17. The molecule has 2 amide bonds. The van der Waals surface area contributed by atoms with Gasteiger partial charge in [-0.2, -0.15) is 0 Å². The fourth-order valence-electron chi connectivity index (χ4n) is 3.14. The van der Waals surface area contributed by atoms with Crippen molar-refractivity contribution in [3.05, 3.63) is 52.2 Å². The number of hydrogen-bond donors (Lipinski definition) is 2. The molecule has 0 aliphatic carbocycles. The van der Waals surface area contributed by atoms with Crippen LogP contribution < -0.4 is 10.0 Å². The summed E-state index contributed by atoms with van der Waals surface area (Å²) in [5, 5.41) is 4.77. The number of amides is 2. The van der Waals surface area contributed by atoms with Crippen molar-refractivity contribution in [1.29, 1.82) is 0 Å². The molecule has 1 aromatic carbocycles. The first kappa shape index (κ1) is 20.5. The van der Waals surface area contributed by atoms with E-state index in [2.05, 4.69) is 10.0 Å². The zero-order valence-electron chi connectivity index (χ0n) is 15.6. The maximum absolute atomic E-state index is 12.6. The molecule has 0 radical (unpaired) electrons. The second-order valence-corrected chi connectivity index (χ2v) is 9.49. The summed E-state index contributed by atoms with van der Waals surface area (Å²) in [6.45, 7) is 2.85. The molecule has 0 spiro atoms. The van der Waals surface area contributed by atoms with Gasteiger partial charge in [0.2, 0.25) is 15.9 Å². The van der Waals surface area contributed by atoms with E-state index in [9.17, 15) is 18.0 Å². The van der Waals surface area contributed by atoms with Crippen LogP contribution in [0.2, 0.25) is 0 Å². The molecule has 0 atom stereocenters. The van der Waals surface area contributed by atoms with Gasteiger partial charge in [-0.3, -0.25) is 9.59 Å². The van der Waals surface area contributed by atoms with E-state index >= 15 is 0 Å². The first-order valence-corrected chi connectivity index (χ1v) is 11.4. The van der Waals surface area contributed by atoms with Crippen molar-refractivity contribution in [2.24, 2.45) is 0 Å². The van der Waals surface area contributed by atoms with Gasteiger partial charge in [0.15, 0.2) is 0 Å². The van der Waals surface area contributed by atoms with E-state index in [-0.39, 0.29) is 29.3 Å². The summed E-state index contributed by atoms with van der Waals surface area (Å²) < 4.78 is 27.4. The number of hydrogen-bond acceptors (Lipinski definition) is 5. The summed E-state index contributed by atoms with van der Waals surface area (Å²) in [5.41, 5.74) is 0.454. The standard InChI is InChI=1S/C19H23N3O4S2/c1-14(23)21-16-8-10-22(11-9-16)19(24)15-4-6-18(7-5-15)28(25,26)20-13-17-3-2-12-27-17/h2-7,12,16,20H,8-11,13H2,1H3,(H,21,23). The van der Waals surface area contributed by atoms with Gasteiger partial charge in [0.1, 0.15) is 0 Å². The van der Waals surface area contributed by atoms with Crippen molar-refractivity contribution in [1.82, 2.24) is 14.9 Å². The summed E-state index contributed by atoms with van der Waals surface area (Å²) >= 11 is 1.48. The first-order chi connectivity index (χ1) is 13.3. The minimum atomic E-state index is -3.63. The fourth-order valence-corrected chi connectivity index (χ4v) is 4.88. The molecular formula is C19H23N3O4S2. The zero-order chi connectivity index (χ0) is 20.1. The summed E-state index contributed by atoms with van der Waals surface area (Å²) in [4.78, 5) is 26.6. The second kappa shape index (κ2) is 8.85. The van der Waals surface area contributed by atoms with Crippen LogP contribution in [0, 0.1) is 0 Å². The number of benzene rings is 1. The molecule has 1 aromatic heterocycles. The van der Waals surface area contributed by atoms with Crippen LogP contribution in [-0.2, 0) is 21.4 Å². The van der Waals surface area contributed by atoms with Gasteiger partial charge in [0.05, 0.1) is 4.90 Å². The predicted molar refractivity (Wildman–Crippen MR) is 108 cm³/mol. The number of nitrogens with one attached hydrogen (secondary N) is 2. The lowest BCUT2D eigenvalue weighted by Crippen LogP contribution is -2.46. The predicted octanol–water partition coefficient (Wildman–Crippen LogP) is 1.97. The molecule has 7 nitrogen and oxygen atoms in total. The van der Waals surface area contributed by atoms with Crippen LogP contribution in [0.15, 0.2) is 46.7 Å². The third kappa shape index (κ3) is 5.18. The van der Waals surface area contributed by atoms with E-state index in [0.717, 1.165) is 4.88 Å². The molecule has 150 valence electrons. The van der Waals surface area contributed by atoms with Gasteiger partial charge in [-0.1, -0.05) is 6.07 Å². The Balaban J connectivity index is 1.59. The molecular weight excluding hydrogens is 398 g/mol. The summed E-state index contributed by atoms with van der Waals surface area (Å²) in [6, 6.07) is 9.83. The number of rotatable bonds is 6. The van der Waals surface area contributed by atoms with Crippen molar-refractivity contribution < 1.29 is 18.0 Å². The van der Waals surface area contributed by atoms with Crippen molar-refractivity contribution in [2.45, 2.75) is 37.2 Å². The number of carbonyl (C=O) groups is 2. The Morgan fingerprint density at radius 1 is 1.14 bits per heavy atom. The topological polar surface area (TPSA) is 95.6 Å². The van der Waals surface area contributed by atoms with Crippen LogP contribution in [0.25, 0.3) is 0 Å². The van der Waals surface area contributed by atoms with E-state index in [1.165, 1.54) is 30.4 Å². The number of nitrogens with zero attached hydrogens (tertiary/aromatic N) is 1. The Morgan fingerprint density at radius 2 is 1.82 bits per heavy atom. The first-order valence-electron chi connectivity index (χ1n) is 9.03. The van der Waals surface area contributed by atoms with Crippen LogP contribution in [0.5, 0.6) is 0 Å². The Hall–Kier alpha value is -2.23. The lowest BCUT2D eigenvalue weighted by molar-refractivity contribution is -0.119. The SMILES string of the molecule is CC(=O)NC1CCN(C(=O)c2ccc(S(=O)(=O)NCc3cccs3)cc2)CC1. The molecule has 1 saturated heterocycles. The third-order valence-corrected chi connectivity index (χ3v) is 6.91. The highest BCUT2D eigenvalue weighted by Gasteiger charge is 2.24.